The van der Waals surface area contributed by atoms with Crippen LogP contribution < -0.4 is 10.1 Å². The third kappa shape index (κ3) is 5.49. The van der Waals surface area contributed by atoms with Crippen LogP contribution in [0.15, 0.2) is 53.0 Å². The van der Waals surface area contributed by atoms with Crippen LogP contribution >= 0.6 is 15.9 Å². The summed E-state index contributed by atoms with van der Waals surface area (Å²) in [5.41, 5.74) is 1.28. The number of rotatable bonds is 6. The summed E-state index contributed by atoms with van der Waals surface area (Å²) in [6, 6.07) is 13.4. The standard InChI is InChI=1S/C17H16BrF2NO3/c1-11(14-8-7-13(18)9-15(14)24-16(19)20)21-17(22)23-10-12-5-3-2-4-6-12/h2-9,11,16H,10H2,1H3,(H,21,22)/t11-/m0/s1. The van der Waals surface area contributed by atoms with Crippen molar-refractivity contribution in [1.82, 2.24) is 5.32 Å². The first-order chi connectivity index (χ1) is 11.5. The maximum absolute atomic E-state index is 12.5. The van der Waals surface area contributed by atoms with Gasteiger partial charge >= 0.3 is 12.7 Å². The lowest BCUT2D eigenvalue weighted by molar-refractivity contribution is -0.0506. The minimum absolute atomic E-state index is 0.00441. The number of alkyl carbamates (subject to hydrolysis) is 1. The number of hydrogen-bond acceptors (Lipinski definition) is 3. The fourth-order valence-electron chi connectivity index (χ4n) is 2.08. The van der Waals surface area contributed by atoms with Gasteiger partial charge in [-0.2, -0.15) is 8.78 Å². The molecule has 128 valence electrons. The van der Waals surface area contributed by atoms with Crippen molar-refractivity contribution < 1.29 is 23.0 Å². The van der Waals surface area contributed by atoms with Crippen LogP contribution in [0.2, 0.25) is 0 Å². The smallest absolute Gasteiger partial charge is 0.407 e. The van der Waals surface area contributed by atoms with E-state index in [9.17, 15) is 13.6 Å². The fourth-order valence-corrected chi connectivity index (χ4v) is 2.42. The van der Waals surface area contributed by atoms with Gasteiger partial charge in [-0.05, 0) is 24.6 Å². The van der Waals surface area contributed by atoms with Crippen LogP contribution in [0.25, 0.3) is 0 Å². The quantitative estimate of drug-likeness (QED) is 0.739. The van der Waals surface area contributed by atoms with E-state index >= 15 is 0 Å². The van der Waals surface area contributed by atoms with Gasteiger partial charge in [0, 0.05) is 10.0 Å². The number of halogens is 3. The molecule has 2 rings (SSSR count). The normalized spacial score (nSPS) is 11.9. The molecule has 0 aromatic heterocycles. The minimum Gasteiger partial charge on any atom is -0.445 e. The van der Waals surface area contributed by atoms with Crippen molar-refractivity contribution in [3.63, 3.8) is 0 Å². The van der Waals surface area contributed by atoms with Gasteiger partial charge in [-0.25, -0.2) is 4.79 Å². The van der Waals surface area contributed by atoms with Gasteiger partial charge in [-0.3, -0.25) is 0 Å². The Morgan fingerprint density at radius 3 is 2.58 bits per heavy atom. The molecule has 0 aliphatic carbocycles. The van der Waals surface area contributed by atoms with E-state index in [1.807, 2.05) is 30.3 Å². The van der Waals surface area contributed by atoms with Gasteiger partial charge in [0.2, 0.25) is 0 Å². The highest BCUT2D eigenvalue weighted by molar-refractivity contribution is 9.10. The molecule has 0 fully saturated rings. The van der Waals surface area contributed by atoms with E-state index in [1.54, 1.807) is 19.1 Å². The number of alkyl halides is 2. The summed E-state index contributed by atoms with van der Waals surface area (Å²) in [4.78, 5) is 11.9. The monoisotopic (exact) mass is 399 g/mol. The topological polar surface area (TPSA) is 47.6 Å². The van der Waals surface area contributed by atoms with E-state index in [4.69, 9.17) is 4.74 Å². The second-order valence-corrected chi connectivity index (χ2v) is 5.90. The molecule has 1 N–H and O–H groups in total. The van der Waals surface area contributed by atoms with Gasteiger partial charge in [0.15, 0.2) is 0 Å². The summed E-state index contributed by atoms with van der Waals surface area (Å²) in [6.45, 7) is -1.17. The lowest BCUT2D eigenvalue weighted by Gasteiger charge is -2.18. The Kier molecular flexibility index (Phi) is 6.54. The Balaban J connectivity index is 1.98. The molecule has 2 aromatic rings. The maximum atomic E-state index is 12.5. The lowest BCUT2D eigenvalue weighted by Crippen LogP contribution is -2.27. The van der Waals surface area contributed by atoms with E-state index in [0.717, 1.165) is 5.56 Å². The fraction of sp³-hybridized carbons (Fsp3) is 0.235. The highest BCUT2D eigenvalue weighted by Crippen LogP contribution is 2.30. The summed E-state index contributed by atoms with van der Waals surface area (Å²) in [5.74, 6) is -0.00441. The second kappa shape index (κ2) is 8.63. The number of hydrogen-bond donors (Lipinski definition) is 1. The summed E-state index contributed by atoms with van der Waals surface area (Å²) in [6.07, 6.45) is -0.641. The van der Waals surface area contributed by atoms with Gasteiger partial charge in [0.05, 0.1) is 6.04 Å². The molecule has 0 saturated carbocycles. The molecule has 2 aromatic carbocycles. The molecule has 1 amide bonds. The Hall–Kier alpha value is -2.15. The van der Waals surface area contributed by atoms with E-state index in [1.165, 1.54) is 6.07 Å². The number of amides is 1. The SMILES string of the molecule is C[C@H](NC(=O)OCc1ccccc1)c1ccc(Br)cc1OC(F)F. The summed E-state index contributed by atoms with van der Waals surface area (Å²) < 4.78 is 35.3. The summed E-state index contributed by atoms with van der Waals surface area (Å²) in [5, 5.41) is 2.60. The van der Waals surface area contributed by atoms with Crippen molar-refractivity contribution in [2.45, 2.75) is 26.2 Å². The summed E-state index contributed by atoms with van der Waals surface area (Å²) >= 11 is 3.20. The van der Waals surface area contributed by atoms with Crippen molar-refractivity contribution >= 4 is 22.0 Å². The van der Waals surface area contributed by atoms with Crippen LogP contribution in [0.5, 0.6) is 5.75 Å². The third-order valence-corrected chi connectivity index (χ3v) is 3.70. The Morgan fingerprint density at radius 1 is 1.21 bits per heavy atom. The van der Waals surface area contributed by atoms with Crippen LogP contribution in [0.1, 0.15) is 24.1 Å². The van der Waals surface area contributed by atoms with Crippen molar-refractivity contribution in [2.24, 2.45) is 0 Å². The predicted octanol–water partition coefficient (Wildman–Crippen LogP) is 5.04. The zero-order valence-corrected chi connectivity index (χ0v) is 14.4. The van der Waals surface area contributed by atoms with Gasteiger partial charge in [-0.1, -0.05) is 52.3 Å². The molecular weight excluding hydrogens is 384 g/mol. The highest BCUT2D eigenvalue weighted by atomic mass is 79.9. The first-order valence-electron chi connectivity index (χ1n) is 7.17. The van der Waals surface area contributed by atoms with Crippen molar-refractivity contribution in [1.29, 1.82) is 0 Å². The van der Waals surface area contributed by atoms with Gasteiger partial charge in [0.25, 0.3) is 0 Å². The first kappa shape index (κ1) is 18.2. The Morgan fingerprint density at radius 2 is 1.92 bits per heavy atom. The largest absolute Gasteiger partial charge is 0.445 e. The predicted molar refractivity (Wildman–Crippen MR) is 89.0 cm³/mol. The minimum atomic E-state index is -2.95. The van der Waals surface area contributed by atoms with Gasteiger partial charge in [0.1, 0.15) is 12.4 Å². The van der Waals surface area contributed by atoms with E-state index in [-0.39, 0.29) is 12.4 Å². The van der Waals surface area contributed by atoms with Crippen molar-refractivity contribution in [2.75, 3.05) is 0 Å². The van der Waals surface area contributed by atoms with Crippen LogP contribution in [-0.4, -0.2) is 12.7 Å². The zero-order valence-electron chi connectivity index (χ0n) is 12.8. The molecule has 4 nitrogen and oxygen atoms in total. The molecular formula is C17H16BrF2NO3. The molecule has 0 unspecified atom stereocenters. The molecule has 0 radical (unpaired) electrons. The average Bonchev–Trinajstić information content (AvgIpc) is 2.53. The van der Waals surface area contributed by atoms with Crippen molar-refractivity contribution in [3.8, 4) is 5.75 Å². The number of benzene rings is 2. The maximum Gasteiger partial charge on any atom is 0.407 e. The van der Waals surface area contributed by atoms with Crippen molar-refractivity contribution in [3.05, 3.63) is 64.1 Å². The summed E-state index contributed by atoms with van der Waals surface area (Å²) in [7, 11) is 0. The number of ether oxygens (including phenoxy) is 2. The Labute approximate surface area is 146 Å². The van der Waals surface area contributed by atoms with Gasteiger partial charge < -0.3 is 14.8 Å². The second-order valence-electron chi connectivity index (χ2n) is 4.99. The number of carbonyl (C=O) groups excluding carboxylic acids is 1. The average molecular weight is 400 g/mol. The number of nitrogens with one attached hydrogen (secondary N) is 1. The molecule has 1 atom stereocenters. The van der Waals surface area contributed by atoms with Crippen LogP contribution in [0, 0.1) is 0 Å². The molecule has 0 aliphatic rings. The number of carbonyl (C=O) groups is 1. The molecule has 0 spiro atoms. The molecule has 24 heavy (non-hydrogen) atoms. The van der Waals surface area contributed by atoms with Crippen LogP contribution in [0.4, 0.5) is 13.6 Å². The van der Waals surface area contributed by atoms with Gasteiger partial charge in [-0.15, -0.1) is 0 Å². The van der Waals surface area contributed by atoms with E-state index in [2.05, 4.69) is 26.0 Å². The molecule has 0 bridgehead atoms. The molecule has 0 heterocycles. The molecule has 0 saturated heterocycles. The first-order valence-corrected chi connectivity index (χ1v) is 7.96. The molecule has 0 aliphatic heterocycles. The van der Waals surface area contributed by atoms with Crippen LogP contribution in [0.3, 0.4) is 0 Å². The van der Waals surface area contributed by atoms with E-state index in [0.29, 0.717) is 10.0 Å². The lowest BCUT2D eigenvalue weighted by atomic mass is 10.1. The zero-order chi connectivity index (χ0) is 17.5. The highest BCUT2D eigenvalue weighted by Gasteiger charge is 2.17. The van der Waals surface area contributed by atoms with E-state index < -0.39 is 18.7 Å². The molecule has 7 heteroatoms. The van der Waals surface area contributed by atoms with Crippen LogP contribution in [-0.2, 0) is 11.3 Å². The third-order valence-electron chi connectivity index (χ3n) is 3.21. The Bertz CT molecular complexity index is 683.